The van der Waals surface area contributed by atoms with Crippen molar-refractivity contribution in [1.29, 1.82) is 0 Å². The first kappa shape index (κ1) is 12.2. The van der Waals surface area contributed by atoms with E-state index in [9.17, 15) is 4.79 Å². The van der Waals surface area contributed by atoms with E-state index in [1.807, 2.05) is 30.5 Å². The van der Waals surface area contributed by atoms with Gasteiger partial charge in [0.25, 0.3) is 0 Å². The molecule has 0 heterocycles. The molecule has 86 valence electrons. The minimum atomic E-state index is 0.00315. The zero-order valence-electron chi connectivity index (χ0n) is 9.31. The molecule has 0 radical (unpaired) electrons. The van der Waals surface area contributed by atoms with Crippen molar-refractivity contribution in [3.63, 3.8) is 0 Å². The molecule has 1 nitrogen and oxygen atoms in total. The number of ketones is 1. The van der Waals surface area contributed by atoms with Crippen molar-refractivity contribution in [2.75, 3.05) is 6.26 Å². The zero-order valence-corrected chi connectivity index (χ0v) is 10.9. The average Bonchev–Trinajstić information content (AvgIpc) is 2.38. The molecule has 0 spiro atoms. The van der Waals surface area contributed by atoms with E-state index in [1.54, 1.807) is 36.0 Å². The van der Waals surface area contributed by atoms with Crippen molar-refractivity contribution in [2.24, 2.45) is 0 Å². The molecule has 0 fully saturated rings. The molecule has 0 saturated carbocycles. The Labute approximate surface area is 110 Å². The molecule has 0 saturated heterocycles. The van der Waals surface area contributed by atoms with E-state index in [0.29, 0.717) is 16.1 Å². The van der Waals surface area contributed by atoms with Crippen LogP contribution in [0.2, 0.25) is 5.02 Å². The van der Waals surface area contributed by atoms with Crippen molar-refractivity contribution >= 4 is 29.1 Å². The first-order chi connectivity index (χ1) is 8.20. The molecule has 0 aliphatic heterocycles. The highest BCUT2D eigenvalue weighted by Crippen LogP contribution is 2.19. The van der Waals surface area contributed by atoms with Gasteiger partial charge in [0.15, 0.2) is 5.78 Å². The van der Waals surface area contributed by atoms with Gasteiger partial charge in [-0.25, -0.2) is 0 Å². The SMILES string of the molecule is CSc1cccc(C(=O)c2cccc(Cl)c2)c1. The summed E-state index contributed by atoms with van der Waals surface area (Å²) in [6, 6.07) is 14.6. The van der Waals surface area contributed by atoms with E-state index in [2.05, 4.69) is 0 Å². The van der Waals surface area contributed by atoms with Gasteiger partial charge in [0.05, 0.1) is 0 Å². The smallest absolute Gasteiger partial charge is 0.193 e. The fourth-order valence-electron chi connectivity index (χ4n) is 1.56. The molecule has 2 aromatic carbocycles. The summed E-state index contributed by atoms with van der Waals surface area (Å²) in [6.45, 7) is 0. The minimum absolute atomic E-state index is 0.00315. The quantitative estimate of drug-likeness (QED) is 0.606. The summed E-state index contributed by atoms with van der Waals surface area (Å²) >= 11 is 7.50. The van der Waals surface area contributed by atoms with Crippen molar-refractivity contribution in [1.82, 2.24) is 0 Å². The third kappa shape index (κ3) is 2.90. The Morgan fingerprint density at radius 2 is 1.71 bits per heavy atom. The van der Waals surface area contributed by atoms with E-state index < -0.39 is 0 Å². The van der Waals surface area contributed by atoms with E-state index in [-0.39, 0.29) is 5.78 Å². The fourth-order valence-corrected chi connectivity index (χ4v) is 2.21. The van der Waals surface area contributed by atoms with Crippen molar-refractivity contribution in [3.05, 3.63) is 64.7 Å². The Bertz CT molecular complexity index is 551. The van der Waals surface area contributed by atoms with Gasteiger partial charge in [-0.3, -0.25) is 4.79 Å². The lowest BCUT2D eigenvalue weighted by Gasteiger charge is -2.03. The van der Waals surface area contributed by atoms with Crippen molar-refractivity contribution < 1.29 is 4.79 Å². The Hall–Kier alpha value is -1.25. The van der Waals surface area contributed by atoms with E-state index in [4.69, 9.17) is 11.6 Å². The second kappa shape index (κ2) is 5.39. The van der Waals surface area contributed by atoms with E-state index in [1.165, 1.54) is 0 Å². The average molecular weight is 263 g/mol. The fraction of sp³-hybridized carbons (Fsp3) is 0.0714. The van der Waals surface area contributed by atoms with E-state index in [0.717, 1.165) is 4.90 Å². The highest BCUT2D eigenvalue weighted by molar-refractivity contribution is 7.98. The Balaban J connectivity index is 2.36. The second-order valence-electron chi connectivity index (χ2n) is 3.57. The summed E-state index contributed by atoms with van der Waals surface area (Å²) in [7, 11) is 0. The van der Waals surface area contributed by atoms with Gasteiger partial charge in [-0.05, 0) is 30.5 Å². The number of carbonyl (C=O) groups excluding carboxylic acids is 1. The maximum absolute atomic E-state index is 12.2. The molecule has 0 N–H and O–H groups in total. The Morgan fingerprint density at radius 3 is 2.35 bits per heavy atom. The van der Waals surface area contributed by atoms with Gasteiger partial charge < -0.3 is 0 Å². The predicted octanol–water partition coefficient (Wildman–Crippen LogP) is 4.29. The summed E-state index contributed by atoms with van der Waals surface area (Å²) in [6.07, 6.45) is 1.99. The highest BCUT2D eigenvalue weighted by atomic mass is 35.5. The molecule has 0 aromatic heterocycles. The molecule has 2 rings (SSSR count). The third-order valence-electron chi connectivity index (χ3n) is 2.42. The standard InChI is InChI=1S/C14H11ClOS/c1-17-13-7-3-5-11(9-13)14(16)10-4-2-6-12(15)8-10/h2-9H,1H3. The van der Waals surface area contributed by atoms with Gasteiger partial charge in [0, 0.05) is 21.0 Å². The van der Waals surface area contributed by atoms with Crippen LogP contribution < -0.4 is 0 Å². The van der Waals surface area contributed by atoms with Crippen LogP contribution in [-0.2, 0) is 0 Å². The van der Waals surface area contributed by atoms with Crippen LogP contribution in [0.5, 0.6) is 0 Å². The molecule has 3 heteroatoms. The number of halogens is 1. The number of rotatable bonds is 3. The molecule has 17 heavy (non-hydrogen) atoms. The van der Waals surface area contributed by atoms with Crippen LogP contribution in [-0.4, -0.2) is 12.0 Å². The van der Waals surface area contributed by atoms with Crippen LogP contribution in [0.1, 0.15) is 15.9 Å². The number of hydrogen-bond acceptors (Lipinski definition) is 2. The van der Waals surface area contributed by atoms with Gasteiger partial charge >= 0.3 is 0 Å². The van der Waals surface area contributed by atoms with Crippen LogP contribution in [0.25, 0.3) is 0 Å². The second-order valence-corrected chi connectivity index (χ2v) is 4.89. The number of thioether (sulfide) groups is 1. The molecule has 0 atom stereocenters. The van der Waals surface area contributed by atoms with Crippen LogP contribution >= 0.6 is 23.4 Å². The number of carbonyl (C=O) groups is 1. The molecular weight excluding hydrogens is 252 g/mol. The van der Waals surface area contributed by atoms with Gasteiger partial charge in [-0.15, -0.1) is 11.8 Å². The summed E-state index contributed by atoms with van der Waals surface area (Å²) in [5.41, 5.74) is 1.31. The summed E-state index contributed by atoms with van der Waals surface area (Å²) in [4.78, 5) is 13.3. The molecular formula is C14H11ClOS. The first-order valence-electron chi connectivity index (χ1n) is 5.15. The van der Waals surface area contributed by atoms with Crippen LogP contribution in [0, 0.1) is 0 Å². The summed E-state index contributed by atoms with van der Waals surface area (Å²) in [5, 5.41) is 0.580. The normalized spacial score (nSPS) is 10.2. The van der Waals surface area contributed by atoms with Crippen LogP contribution in [0.15, 0.2) is 53.4 Å². The molecule has 0 aliphatic rings. The lowest BCUT2D eigenvalue weighted by molar-refractivity contribution is 0.103. The monoisotopic (exact) mass is 262 g/mol. The molecule has 0 aliphatic carbocycles. The minimum Gasteiger partial charge on any atom is -0.289 e. The largest absolute Gasteiger partial charge is 0.289 e. The van der Waals surface area contributed by atoms with E-state index >= 15 is 0 Å². The van der Waals surface area contributed by atoms with Gasteiger partial charge in [0.2, 0.25) is 0 Å². The topological polar surface area (TPSA) is 17.1 Å². The van der Waals surface area contributed by atoms with Gasteiger partial charge in [-0.2, -0.15) is 0 Å². The highest BCUT2D eigenvalue weighted by Gasteiger charge is 2.09. The third-order valence-corrected chi connectivity index (χ3v) is 3.38. The maximum Gasteiger partial charge on any atom is 0.193 e. The van der Waals surface area contributed by atoms with Crippen LogP contribution in [0.4, 0.5) is 0 Å². The van der Waals surface area contributed by atoms with Gasteiger partial charge in [0.1, 0.15) is 0 Å². The first-order valence-corrected chi connectivity index (χ1v) is 6.75. The maximum atomic E-state index is 12.2. The van der Waals surface area contributed by atoms with Gasteiger partial charge in [-0.1, -0.05) is 35.9 Å². The van der Waals surface area contributed by atoms with Crippen molar-refractivity contribution in [2.45, 2.75) is 4.90 Å². The zero-order chi connectivity index (χ0) is 12.3. The summed E-state index contributed by atoms with van der Waals surface area (Å²) < 4.78 is 0. The molecule has 0 amide bonds. The molecule has 0 unspecified atom stereocenters. The number of hydrogen-bond donors (Lipinski definition) is 0. The van der Waals surface area contributed by atoms with Crippen LogP contribution in [0.3, 0.4) is 0 Å². The summed E-state index contributed by atoms with van der Waals surface area (Å²) in [5.74, 6) is 0.00315. The lowest BCUT2D eigenvalue weighted by Crippen LogP contribution is -2.00. The Morgan fingerprint density at radius 1 is 1.06 bits per heavy atom. The predicted molar refractivity (Wildman–Crippen MR) is 73.1 cm³/mol. The number of benzene rings is 2. The van der Waals surface area contributed by atoms with Crippen molar-refractivity contribution in [3.8, 4) is 0 Å². The Kier molecular flexibility index (Phi) is 3.87. The molecule has 0 bridgehead atoms. The molecule has 2 aromatic rings. The lowest BCUT2D eigenvalue weighted by atomic mass is 10.0.